The van der Waals surface area contributed by atoms with Crippen molar-refractivity contribution in [2.24, 2.45) is 0 Å². The molecule has 1 unspecified atom stereocenters. The molecule has 0 aliphatic rings. The smallest absolute Gasteiger partial charge is 0.326 e. The zero-order valence-corrected chi connectivity index (χ0v) is 22.9. The summed E-state index contributed by atoms with van der Waals surface area (Å²) in [5.74, 6) is -0.867. The number of nitrogens with one attached hydrogen (secondary N) is 2. The van der Waals surface area contributed by atoms with Gasteiger partial charge in [0, 0.05) is 23.7 Å². The summed E-state index contributed by atoms with van der Waals surface area (Å²) < 4.78 is 7.34. The number of amides is 1. The summed E-state index contributed by atoms with van der Waals surface area (Å²) in [5.41, 5.74) is 3.37. The van der Waals surface area contributed by atoms with E-state index in [0.717, 1.165) is 23.4 Å². The third kappa shape index (κ3) is 8.26. The highest BCUT2D eigenvalue weighted by atomic mass is 79.9. The van der Waals surface area contributed by atoms with Crippen LogP contribution in [0.2, 0.25) is 5.02 Å². The molecule has 6 nitrogen and oxygen atoms in total. The highest BCUT2D eigenvalue weighted by Crippen LogP contribution is 2.36. The minimum Gasteiger partial charge on any atom is -0.487 e. The number of hydrogen-bond donors (Lipinski definition) is 3. The van der Waals surface area contributed by atoms with Crippen LogP contribution in [0.3, 0.4) is 0 Å². The van der Waals surface area contributed by atoms with Gasteiger partial charge in [0.15, 0.2) is 0 Å². The molecule has 184 valence electrons. The van der Waals surface area contributed by atoms with Crippen LogP contribution < -0.4 is 15.4 Å². The maximum Gasteiger partial charge on any atom is 0.326 e. The number of ether oxygens (including phenoxy) is 1. The van der Waals surface area contributed by atoms with E-state index in [0.29, 0.717) is 31.9 Å². The molecule has 0 bridgehead atoms. The van der Waals surface area contributed by atoms with Crippen LogP contribution >= 0.6 is 43.5 Å². The molecule has 35 heavy (non-hydrogen) atoms. The standard InChI is InChI=1S/C26H25Br2ClN2O4/c1-2-30-20-9-18(8-19(29)14-20)15-35-25-21(27)10-17(11-22(25)28)13-24(32)31-23(26(33)34)12-16-6-4-3-5-7-16/h3-11,14,23,30H,2,12-13,15H2,1H3,(H,31,32)(H,33,34). The van der Waals surface area contributed by atoms with Gasteiger partial charge in [0.25, 0.3) is 0 Å². The normalized spacial score (nSPS) is 11.5. The number of rotatable bonds is 11. The van der Waals surface area contributed by atoms with Crippen LogP contribution in [0.4, 0.5) is 5.69 Å². The van der Waals surface area contributed by atoms with Crippen molar-refractivity contribution in [3.05, 3.63) is 91.3 Å². The summed E-state index contributed by atoms with van der Waals surface area (Å²) in [7, 11) is 0. The lowest BCUT2D eigenvalue weighted by Gasteiger charge is -2.16. The molecule has 1 atom stereocenters. The third-order valence-electron chi connectivity index (χ3n) is 5.06. The van der Waals surface area contributed by atoms with Gasteiger partial charge >= 0.3 is 5.97 Å². The molecule has 0 aliphatic heterocycles. The zero-order chi connectivity index (χ0) is 25.4. The van der Waals surface area contributed by atoms with Crippen LogP contribution in [0.15, 0.2) is 69.6 Å². The highest BCUT2D eigenvalue weighted by molar-refractivity contribution is 9.11. The van der Waals surface area contributed by atoms with E-state index in [1.165, 1.54) is 0 Å². The van der Waals surface area contributed by atoms with Crippen molar-refractivity contribution in [3.63, 3.8) is 0 Å². The van der Waals surface area contributed by atoms with Crippen molar-refractivity contribution in [2.45, 2.75) is 32.4 Å². The van der Waals surface area contributed by atoms with Crippen LogP contribution in [0, 0.1) is 0 Å². The molecule has 0 saturated heterocycles. The zero-order valence-electron chi connectivity index (χ0n) is 19.0. The number of benzene rings is 3. The predicted molar refractivity (Wildman–Crippen MR) is 145 cm³/mol. The second-order valence-corrected chi connectivity index (χ2v) is 10.0. The number of halogens is 3. The first kappa shape index (κ1) is 27.0. The van der Waals surface area contributed by atoms with Crippen LogP contribution in [0.5, 0.6) is 5.75 Å². The first-order chi connectivity index (χ1) is 16.7. The summed E-state index contributed by atoms with van der Waals surface area (Å²) in [6.45, 7) is 3.10. The second-order valence-electron chi connectivity index (χ2n) is 7.88. The van der Waals surface area contributed by atoms with E-state index in [4.69, 9.17) is 16.3 Å². The largest absolute Gasteiger partial charge is 0.487 e. The van der Waals surface area contributed by atoms with Crippen molar-refractivity contribution in [3.8, 4) is 5.75 Å². The van der Waals surface area contributed by atoms with E-state index in [1.807, 2.05) is 55.5 Å². The molecule has 3 rings (SSSR count). The predicted octanol–water partition coefficient (Wildman–Crippen LogP) is 6.23. The molecule has 0 saturated carbocycles. The van der Waals surface area contributed by atoms with Gasteiger partial charge in [-0.2, -0.15) is 0 Å². The molecule has 3 N–H and O–H groups in total. The molecule has 0 fully saturated rings. The fourth-order valence-corrected chi connectivity index (χ4v) is 5.30. The fraction of sp³-hybridized carbons (Fsp3) is 0.231. The van der Waals surface area contributed by atoms with Crippen LogP contribution in [0.25, 0.3) is 0 Å². The molecular weight excluding hydrogens is 600 g/mol. The number of carbonyl (C=O) groups is 2. The first-order valence-electron chi connectivity index (χ1n) is 10.9. The highest BCUT2D eigenvalue weighted by Gasteiger charge is 2.21. The lowest BCUT2D eigenvalue weighted by atomic mass is 10.1. The van der Waals surface area contributed by atoms with E-state index >= 15 is 0 Å². The molecule has 3 aromatic rings. The van der Waals surface area contributed by atoms with Gasteiger partial charge in [-0.3, -0.25) is 4.79 Å². The summed E-state index contributed by atoms with van der Waals surface area (Å²) >= 11 is 13.2. The molecular formula is C26H25Br2ClN2O4. The fourth-order valence-electron chi connectivity index (χ4n) is 3.53. The molecule has 1 amide bonds. The summed E-state index contributed by atoms with van der Waals surface area (Å²) in [5, 5.41) is 16.0. The monoisotopic (exact) mass is 622 g/mol. The lowest BCUT2D eigenvalue weighted by molar-refractivity contribution is -0.141. The minimum absolute atomic E-state index is 0.0242. The van der Waals surface area contributed by atoms with Crippen molar-refractivity contribution in [1.82, 2.24) is 5.32 Å². The van der Waals surface area contributed by atoms with Crippen molar-refractivity contribution in [2.75, 3.05) is 11.9 Å². The maximum absolute atomic E-state index is 12.6. The number of aliphatic carboxylic acids is 1. The molecule has 0 aliphatic carbocycles. The van der Waals surface area contributed by atoms with Crippen molar-refractivity contribution in [1.29, 1.82) is 0 Å². The van der Waals surface area contributed by atoms with E-state index in [-0.39, 0.29) is 18.7 Å². The number of carboxylic acids is 1. The van der Waals surface area contributed by atoms with Gasteiger partial charge in [-0.05, 0) is 85.8 Å². The number of carboxylic acid groups (broad SMARTS) is 1. The van der Waals surface area contributed by atoms with Gasteiger partial charge in [0.1, 0.15) is 18.4 Å². The Morgan fingerprint density at radius 2 is 1.69 bits per heavy atom. The molecule has 9 heteroatoms. The Bertz CT molecular complexity index is 1170. The second kappa shape index (κ2) is 13.0. The van der Waals surface area contributed by atoms with E-state index in [9.17, 15) is 14.7 Å². The van der Waals surface area contributed by atoms with Crippen molar-refractivity contribution < 1.29 is 19.4 Å². The number of anilines is 1. The first-order valence-corrected chi connectivity index (χ1v) is 12.9. The Kier molecular flexibility index (Phi) is 10.0. The third-order valence-corrected chi connectivity index (χ3v) is 6.46. The molecule has 0 heterocycles. The Balaban J connectivity index is 1.64. The van der Waals surface area contributed by atoms with Crippen LogP contribution in [-0.4, -0.2) is 29.6 Å². The Morgan fingerprint density at radius 3 is 2.31 bits per heavy atom. The maximum atomic E-state index is 12.6. The van der Waals surface area contributed by atoms with Gasteiger partial charge in [0.2, 0.25) is 5.91 Å². The Hall–Kier alpha value is -2.55. The quantitative estimate of drug-likeness (QED) is 0.236. The van der Waals surface area contributed by atoms with Crippen LogP contribution in [0.1, 0.15) is 23.6 Å². The SMILES string of the molecule is CCNc1cc(Cl)cc(COc2c(Br)cc(CC(=O)NC(Cc3ccccc3)C(=O)O)cc2Br)c1. The summed E-state index contributed by atoms with van der Waals surface area (Å²) in [4.78, 5) is 24.3. The van der Waals surface area contributed by atoms with Crippen molar-refractivity contribution >= 4 is 61.0 Å². The van der Waals surface area contributed by atoms with Gasteiger partial charge in [-0.25, -0.2) is 4.79 Å². The van der Waals surface area contributed by atoms with Gasteiger partial charge in [-0.15, -0.1) is 0 Å². The Labute approximate surface area is 226 Å². The summed E-state index contributed by atoms with van der Waals surface area (Å²) in [6, 6.07) is 17.4. The van der Waals surface area contributed by atoms with Gasteiger partial charge in [0.05, 0.1) is 15.4 Å². The average molecular weight is 625 g/mol. The molecule has 0 aromatic heterocycles. The average Bonchev–Trinajstić information content (AvgIpc) is 2.78. The Morgan fingerprint density at radius 1 is 1.00 bits per heavy atom. The minimum atomic E-state index is -1.08. The van der Waals surface area contributed by atoms with E-state index in [1.54, 1.807) is 12.1 Å². The summed E-state index contributed by atoms with van der Waals surface area (Å²) in [6.07, 6.45) is 0.234. The van der Waals surface area contributed by atoms with E-state index in [2.05, 4.69) is 42.5 Å². The van der Waals surface area contributed by atoms with Gasteiger partial charge < -0.3 is 20.5 Å². The molecule has 0 radical (unpaired) electrons. The topological polar surface area (TPSA) is 87.7 Å². The van der Waals surface area contributed by atoms with E-state index < -0.39 is 12.0 Å². The molecule has 3 aromatic carbocycles. The molecule has 0 spiro atoms. The number of carbonyl (C=O) groups excluding carboxylic acids is 1. The van der Waals surface area contributed by atoms with Crippen LogP contribution in [-0.2, 0) is 29.0 Å². The van der Waals surface area contributed by atoms with Gasteiger partial charge in [-0.1, -0.05) is 41.9 Å². The lowest BCUT2D eigenvalue weighted by Crippen LogP contribution is -2.43. The number of hydrogen-bond acceptors (Lipinski definition) is 4.